The zero-order valence-electron chi connectivity index (χ0n) is 12.0. The minimum absolute atomic E-state index is 0.125. The zero-order valence-corrected chi connectivity index (χ0v) is 12.0. The first-order chi connectivity index (χ1) is 10.0. The van der Waals surface area contributed by atoms with Gasteiger partial charge in [-0.15, -0.1) is 0 Å². The largest absolute Gasteiger partial charge is 0.416 e. The smallest absolute Gasteiger partial charge is 0.381 e. The van der Waals surface area contributed by atoms with Crippen molar-refractivity contribution >= 4 is 0 Å². The lowest BCUT2D eigenvalue weighted by Gasteiger charge is -2.25. The molecule has 1 aromatic carbocycles. The van der Waals surface area contributed by atoms with E-state index in [2.05, 4.69) is 5.32 Å². The van der Waals surface area contributed by atoms with E-state index in [9.17, 15) is 13.2 Å². The summed E-state index contributed by atoms with van der Waals surface area (Å²) < 4.78 is 49.3. The third-order valence-electron chi connectivity index (χ3n) is 3.63. The second kappa shape index (κ2) is 7.24. The van der Waals surface area contributed by atoms with Crippen LogP contribution in [0.15, 0.2) is 24.3 Å². The molecule has 0 spiro atoms. The highest BCUT2D eigenvalue weighted by atomic mass is 19.4. The molecule has 1 aliphatic rings. The average Bonchev–Trinajstić information content (AvgIpc) is 2.48. The molecule has 0 amide bonds. The molecule has 1 atom stereocenters. The van der Waals surface area contributed by atoms with Gasteiger partial charge in [0.25, 0.3) is 0 Å². The van der Waals surface area contributed by atoms with Gasteiger partial charge in [-0.25, -0.2) is 0 Å². The van der Waals surface area contributed by atoms with E-state index >= 15 is 0 Å². The van der Waals surface area contributed by atoms with Crippen molar-refractivity contribution in [2.24, 2.45) is 0 Å². The van der Waals surface area contributed by atoms with Crippen LogP contribution in [0.2, 0.25) is 0 Å². The Hall–Kier alpha value is -1.11. The number of likely N-dealkylation sites (N-methyl/N-ethyl adjacent to an activating group) is 1. The molecule has 1 fully saturated rings. The first-order valence-electron chi connectivity index (χ1n) is 7.04. The highest BCUT2D eigenvalue weighted by Gasteiger charge is 2.31. The molecular formula is C15H20F3NO2. The first kappa shape index (κ1) is 16.3. The maximum Gasteiger partial charge on any atom is 0.416 e. The second-order valence-corrected chi connectivity index (χ2v) is 5.11. The molecule has 118 valence electrons. The van der Waals surface area contributed by atoms with Crippen LogP contribution in [0, 0.1) is 0 Å². The SMILES string of the molecule is CNC(COC1CCOCC1)c1cccc(C(F)(F)F)c1. The monoisotopic (exact) mass is 303 g/mol. The van der Waals surface area contributed by atoms with E-state index in [1.54, 1.807) is 13.1 Å². The Morgan fingerprint density at radius 3 is 2.67 bits per heavy atom. The highest BCUT2D eigenvalue weighted by molar-refractivity contribution is 5.28. The van der Waals surface area contributed by atoms with E-state index in [1.165, 1.54) is 12.1 Å². The van der Waals surface area contributed by atoms with Crippen molar-refractivity contribution in [2.75, 3.05) is 26.9 Å². The summed E-state index contributed by atoms with van der Waals surface area (Å²) in [5, 5.41) is 3.01. The number of alkyl halides is 3. The predicted octanol–water partition coefficient (Wildman–Crippen LogP) is 3.16. The molecule has 1 saturated heterocycles. The Balaban J connectivity index is 1.99. The fourth-order valence-electron chi connectivity index (χ4n) is 2.35. The van der Waals surface area contributed by atoms with Gasteiger partial charge in [-0.2, -0.15) is 13.2 Å². The summed E-state index contributed by atoms with van der Waals surface area (Å²) >= 11 is 0. The van der Waals surface area contributed by atoms with Gasteiger partial charge >= 0.3 is 6.18 Å². The Labute approximate surface area is 122 Å². The van der Waals surface area contributed by atoms with Crippen LogP contribution in [0.4, 0.5) is 13.2 Å². The summed E-state index contributed by atoms with van der Waals surface area (Å²) in [5.74, 6) is 0. The number of ether oxygens (including phenoxy) is 2. The number of halogens is 3. The molecule has 1 heterocycles. The van der Waals surface area contributed by atoms with Gasteiger partial charge in [-0.05, 0) is 37.6 Å². The number of benzene rings is 1. The van der Waals surface area contributed by atoms with Gasteiger partial charge in [0, 0.05) is 13.2 Å². The fraction of sp³-hybridized carbons (Fsp3) is 0.600. The van der Waals surface area contributed by atoms with E-state index < -0.39 is 11.7 Å². The van der Waals surface area contributed by atoms with Gasteiger partial charge in [0.15, 0.2) is 0 Å². The predicted molar refractivity (Wildman–Crippen MR) is 73.0 cm³/mol. The third-order valence-corrected chi connectivity index (χ3v) is 3.63. The van der Waals surface area contributed by atoms with Crippen molar-refractivity contribution in [3.8, 4) is 0 Å². The van der Waals surface area contributed by atoms with Gasteiger partial charge in [0.1, 0.15) is 0 Å². The van der Waals surface area contributed by atoms with Crippen molar-refractivity contribution in [3.05, 3.63) is 35.4 Å². The average molecular weight is 303 g/mol. The standard InChI is InChI=1S/C15H20F3NO2/c1-19-14(10-21-13-5-7-20-8-6-13)11-3-2-4-12(9-11)15(16,17)18/h2-4,9,13-14,19H,5-8,10H2,1H3. The third kappa shape index (κ3) is 4.69. The topological polar surface area (TPSA) is 30.5 Å². The molecule has 0 saturated carbocycles. The molecule has 1 N–H and O–H groups in total. The van der Waals surface area contributed by atoms with E-state index in [-0.39, 0.29) is 12.1 Å². The van der Waals surface area contributed by atoms with Gasteiger partial charge < -0.3 is 14.8 Å². The maximum atomic E-state index is 12.7. The Kier molecular flexibility index (Phi) is 5.61. The normalized spacial score (nSPS) is 18.7. The van der Waals surface area contributed by atoms with E-state index in [4.69, 9.17) is 9.47 Å². The molecular weight excluding hydrogens is 283 g/mol. The summed E-state index contributed by atoms with van der Waals surface area (Å²) in [6, 6.07) is 5.11. The van der Waals surface area contributed by atoms with E-state index in [0.29, 0.717) is 25.4 Å². The van der Waals surface area contributed by atoms with Gasteiger partial charge in [0.05, 0.1) is 24.3 Å². The fourth-order valence-corrected chi connectivity index (χ4v) is 2.35. The van der Waals surface area contributed by atoms with Crippen LogP contribution in [-0.4, -0.2) is 33.0 Å². The van der Waals surface area contributed by atoms with Crippen LogP contribution in [0.25, 0.3) is 0 Å². The van der Waals surface area contributed by atoms with E-state index in [0.717, 1.165) is 18.9 Å². The van der Waals surface area contributed by atoms with E-state index in [1.807, 2.05) is 0 Å². The quantitative estimate of drug-likeness (QED) is 0.906. The van der Waals surface area contributed by atoms with Crippen LogP contribution in [0.3, 0.4) is 0 Å². The Morgan fingerprint density at radius 2 is 2.05 bits per heavy atom. The van der Waals surface area contributed by atoms with Crippen molar-refractivity contribution < 1.29 is 22.6 Å². The summed E-state index contributed by atoms with van der Waals surface area (Å²) in [7, 11) is 1.72. The van der Waals surface area contributed by atoms with Gasteiger partial charge in [0.2, 0.25) is 0 Å². The molecule has 21 heavy (non-hydrogen) atoms. The number of nitrogens with one attached hydrogen (secondary N) is 1. The molecule has 6 heteroatoms. The van der Waals surface area contributed by atoms with Crippen LogP contribution in [0.1, 0.15) is 30.0 Å². The van der Waals surface area contributed by atoms with Crippen LogP contribution < -0.4 is 5.32 Å². The first-order valence-corrected chi connectivity index (χ1v) is 7.04. The molecule has 3 nitrogen and oxygen atoms in total. The lowest BCUT2D eigenvalue weighted by Crippen LogP contribution is -2.29. The highest BCUT2D eigenvalue weighted by Crippen LogP contribution is 2.30. The number of hydrogen-bond acceptors (Lipinski definition) is 3. The van der Waals surface area contributed by atoms with Crippen molar-refractivity contribution in [1.82, 2.24) is 5.32 Å². The zero-order chi connectivity index (χ0) is 15.3. The van der Waals surface area contributed by atoms with Crippen LogP contribution >= 0.6 is 0 Å². The molecule has 1 aromatic rings. The van der Waals surface area contributed by atoms with Crippen LogP contribution in [-0.2, 0) is 15.7 Å². The molecule has 1 aliphatic heterocycles. The molecule has 0 bridgehead atoms. The lowest BCUT2D eigenvalue weighted by atomic mass is 10.0. The lowest BCUT2D eigenvalue weighted by molar-refractivity contribution is -0.137. The van der Waals surface area contributed by atoms with Crippen molar-refractivity contribution in [2.45, 2.75) is 31.2 Å². The molecule has 0 radical (unpaired) electrons. The molecule has 1 unspecified atom stereocenters. The second-order valence-electron chi connectivity index (χ2n) is 5.11. The summed E-state index contributed by atoms with van der Waals surface area (Å²) in [6.45, 7) is 1.71. The van der Waals surface area contributed by atoms with Gasteiger partial charge in [-0.1, -0.05) is 12.1 Å². The minimum atomic E-state index is -4.32. The minimum Gasteiger partial charge on any atom is -0.381 e. The molecule has 0 aromatic heterocycles. The molecule has 2 rings (SSSR count). The summed E-state index contributed by atoms with van der Waals surface area (Å²) in [6.07, 6.45) is -2.53. The maximum absolute atomic E-state index is 12.7. The van der Waals surface area contributed by atoms with Gasteiger partial charge in [-0.3, -0.25) is 0 Å². The Bertz CT molecular complexity index is 445. The molecule has 0 aliphatic carbocycles. The number of rotatable bonds is 5. The number of hydrogen-bond donors (Lipinski definition) is 1. The van der Waals surface area contributed by atoms with Crippen molar-refractivity contribution in [1.29, 1.82) is 0 Å². The van der Waals surface area contributed by atoms with Crippen molar-refractivity contribution in [3.63, 3.8) is 0 Å². The van der Waals surface area contributed by atoms with Crippen LogP contribution in [0.5, 0.6) is 0 Å². The summed E-state index contributed by atoms with van der Waals surface area (Å²) in [4.78, 5) is 0. The Morgan fingerprint density at radius 1 is 1.33 bits per heavy atom. The summed E-state index contributed by atoms with van der Waals surface area (Å²) in [5.41, 5.74) is -0.0503.